The highest BCUT2D eigenvalue weighted by atomic mass is 16.5. The van der Waals surface area contributed by atoms with Crippen molar-refractivity contribution in [2.45, 2.75) is 32.6 Å². The number of hydroxylamine groups is 1. The van der Waals surface area contributed by atoms with Crippen molar-refractivity contribution in [1.29, 1.82) is 0 Å². The lowest BCUT2D eigenvalue weighted by Crippen LogP contribution is -2.22. The molecule has 0 radical (unpaired) electrons. The summed E-state index contributed by atoms with van der Waals surface area (Å²) in [4.78, 5) is 33.6. The van der Waals surface area contributed by atoms with Crippen LogP contribution in [0.3, 0.4) is 0 Å². The maximum Gasteiger partial charge on any atom is 0.243 e. The molecule has 1 aromatic rings. The van der Waals surface area contributed by atoms with Crippen LogP contribution in [-0.2, 0) is 9.59 Å². The summed E-state index contributed by atoms with van der Waals surface area (Å²) in [6.07, 6.45) is 5.64. The summed E-state index contributed by atoms with van der Waals surface area (Å²) < 4.78 is 0. The van der Waals surface area contributed by atoms with Crippen LogP contribution in [0.4, 0.5) is 0 Å². The van der Waals surface area contributed by atoms with Crippen molar-refractivity contribution in [2.24, 2.45) is 0 Å². The summed E-state index contributed by atoms with van der Waals surface area (Å²) in [6.45, 7) is 2.04. The molecule has 3 N–H and O–H groups in total. The molecule has 0 saturated carbocycles. The van der Waals surface area contributed by atoms with Gasteiger partial charge in [-0.3, -0.25) is 19.6 Å². The predicted octanol–water partition coefficient (Wildman–Crippen LogP) is 2.08. The summed E-state index contributed by atoms with van der Waals surface area (Å²) in [5, 5.41) is 11.1. The van der Waals surface area contributed by atoms with E-state index in [0.717, 1.165) is 18.4 Å². The van der Waals surface area contributed by atoms with Crippen LogP contribution < -0.4 is 10.8 Å². The second-order valence-corrected chi connectivity index (χ2v) is 5.15. The third-order valence-electron chi connectivity index (χ3n) is 3.25. The summed E-state index contributed by atoms with van der Waals surface area (Å²) >= 11 is 0. The van der Waals surface area contributed by atoms with Gasteiger partial charge in [-0.2, -0.15) is 0 Å². The Kier molecular flexibility index (Phi) is 8.31. The lowest BCUT2D eigenvalue weighted by Gasteiger charge is -2.02. The Hall–Kier alpha value is -2.47. The van der Waals surface area contributed by atoms with E-state index in [9.17, 15) is 14.4 Å². The third kappa shape index (κ3) is 7.92. The third-order valence-corrected chi connectivity index (χ3v) is 3.25. The molecule has 0 aliphatic heterocycles. The fourth-order valence-electron chi connectivity index (χ4n) is 1.91. The largest absolute Gasteiger partial charge is 0.353 e. The average Bonchev–Trinajstić information content (AvgIpc) is 2.56. The number of amides is 2. The fourth-order valence-corrected chi connectivity index (χ4v) is 1.91. The number of hydrogen-bond donors (Lipinski definition) is 3. The molecular formula is C17H22N2O4. The molecule has 0 unspecified atom stereocenters. The van der Waals surface area contributed by atoms with E-state index in [1.807, 2.05) is 0 Å². The molecule has 2 amide bonds. The lowest BCUT2D eigenvalue weighted by atomic mass is 10.1. The molecule has 1 rings (SSSR count). The highest BCUT2D eigenvalue weighted by molar-refractivity contribution is 5.94. The van der Waals surface area contributed by atoms with Crippen LogP contribution >= 0.6 is 0 Å². The first kappa shape index (κ1) is 18.6. The minimum Gasteiger partial charge on any atom is -0.353 e. The summed E-state index contributed by atoms with van der Waals surface area (Å²) in [6, 6.07) is 7.02. The van der Waals surface area contributed by atoms with Gasteiger partial charge in [-0.05, 0) is 31.4 Å². The van der Waals surface area contributed by atoms with Crippen molar-refractivity contribution in [3.63, 3.8) is 0 Å². The number of carbonyl (C=O) groups is 3. The van der Waals surface area contributed by atoms with Gasteiger partial charge in [-0.1, -0.05) is 30.7 Å². The van der Waals surface area contributed by atoms with E-state index < -0.39 is 5.91 Å². The SMILES string of the molecule is CC(=O)c1ccc(C=CC(=O)NCCCCCC(=O)NO)cc1. The molecule has 6 heteroatoms. The van der Waals surface area contributed by atoms with Crippen molar-refractivity contribution in [3.05, 3.63) is 41.5 Å². The minimum atomic E-state index is -0.396. The Labute approximate surface area is 135 Å². The van der Waals surface area contributed by atoms with Gasteiger partial charge in [0.1, 0.15) is 0 Å². The van der Waals surface area contributed by atoms with Gasteiger partial charge < -0.3 is 5.32 Å². The van der Waals surface area contributed by atoms with E-state index in [1.165, 1.54) is 13.0 Å². The summed E-state index contributed by atoms with van der Waals surface area (Å²) in [5.74, 6) is -0.573. The molecular weight excluding hydrogens is 296 g/mol. The number of benzene rings is 1. The quantitative estimate of drug-likeness (QED) is 0.213. The highest BCUT2D eigenvalue weighted by Gasteiger charge is 2.00. The van der Waals surface area contributed by atoms with Crippen molar-refractivity contribution < 1.29 is 19.6 Å². The van der Waals surface area contributed by atoms with Gasteiger partial charge >= 0.3 is 0 Å². The van der Waals surface area contributed by atoms with Crippen molar-refractivity contribution >= 4 is 23.7 Å². The molecule has 0 aliphatic carbocycles. The lowest BCUT2D eigenvalue weighted by molar-refractivity contribution is -0.129. The smallest absolute Gasteiger partial charge is 0.243 e. The standard InChI is InChI=1S/C17H22N2O4/c1-13(20)15-9-6-14(7-10-15)8-11-16(21)18-12-4-2-3-5-17(22)19-23/h6-11,23H,2-5,12H2,1H3,(H,18,21)(H,19,22). The molecule has 0 bridgehead atoms. The second kappa shape index (κ2) is 10.3. The van der Waals surface area contributed by atoms with Crippen molar-refractivity contribution in [3.8, 4) is 0 Å². The zero-order valence-corrected chi connectivity index (χ0v) is 13.2. The van der Waals surface area contributed by atoms with Crippen LogP contribution in [0, 0.1) is 0 Å². The average molecular weight is 318 g/mol. The van der Waals surface area contributed by atoms with Gasteiger partial charge in [-0.25, -0.2) is 5.48 Å². The summed E-state index contributed by atoms with van der Waals surface area (Å²) in [7, 11) is 0. The Balaban J connectivity index is 2.23. The monoisotopic (exact) mass is 318 g/mol. The molecule has 0 aliphatic rings. The van der Waals surface area contributed by atoms with Crippen LogP contribution in [0.5, 0.6) is 0 Å². The Bertz CT molecular complexity index is 564. The van der Waals surface area contributed by atoms with Gasteiger partial charge in [0.05, 0.1) is 0 Å². The molecule has 23 heavy (non-hydrogen) atoms. The first-order valence-corrected chi connectivity index (χ1v) is 7.53. The van der Waals surface area contributed by atoms with Crippen LogP contribution in [0.1, 0.15) is 48.5 Å². The topological polar surface area (TPSA) is 95.5 Å². The molecule has 0 atom stereocenters. The zero-order valence-electron chi connectivity index (χ0n) is 13.2. The van der Waals surface area contributed by atoms with Crippen LogP contribution in [0.2, 0.25) is 0 Å². The van der Waals surface area contributed by atoms with Gasteiger partial charge in [0.25, 0.3) is 0 Å². The Morgan fingerprint density at radius 3 is 2.39 bits per heavy atom. The predicted molar refractivity (Wildman–Crippen MR) is 86.9 cm³/mol. The zero-order chi connectivity index (χ0) is 17.1. The summed E-state index contributed by atoms with van der Waals surface area (Å²) in [5.41, 5.74) is 3.07. The van der Waals surface area contributed by atoms with E-state index >= 15 is 0 Å². The first-order chi connectivity index (χ1) is 11.0. The first-order valence-electron chi connectivity index (χ1n) is 7.53. The molecule has 0 aromatic heterocycles. The highest BCUT2D eigenvalue weighted by Crippen LogP contribution is 2.06. The van der Waals surface area contributed by atoms with E-state index in [4.69, 9.17) is 5.21 Å². The molecule has 0 fully saturated rings. The van der Waals surface area contributed by atoms with Crippen LogP contribution in [0.25, 0.3) is 6.08 Å². The fraction of sp³-hybridized carbons (Fsp3) is 0.353. The molecule has 124 valence electrons. The molecule has 0 heterocycles. The molecule has 6 nitrogen and oxygen atoms in total. The second-order valence-electron chi connectivity index (χ2n) is 5.15. The van der Waals surface area contributed by atoms with E-state index in [0.29, 0.717) is 18.5 Å². The maximum atomic E-state index is 11.6. The van der Waals surface area contributed by atoms with E-state index in [-0.39, 0.29) is 18.1 Å². The van der Waals surface area contributed by atoms with Gasteiger partial charge in [0.15, 0.2) is 5.78 Å². The van der Waals surface area contributed by atoms with E-state index in [2.05, 4.69) is 5.32 Å². The van der Waals surface area contributed by atoms with E-state index in [1.54, 1.807) is 35.8 Å². The van der Waals surface area contributed by atoms with Crippen LogP contribution in [-0.4, -0.2) is 29.3 Å². The molecule has 1 aromatic carbocycles. The number of rotatable bonds is 9. The normalized spacial score (nSPS) is 10.5. The number of Topliss-reactive ketones (excluding diaryl/α,β-unsaturated/α-hetero) is 1. The van der Waals surface area contributed by atoms with Gasteiger partial charge in [0, 0.05) is 24.6 Å². The Morgan fingerprint density at radius 1 is 1.09 bits per heavy atom. The Morgan fingerprint density at radius 2 is 1.78 bits per heavy atom. The number of hydrogen-bond acceptors (Lipinski definition) is 4. The van der Waals surface area contributed by atoms with Crippen LogP contribution in [0.15, 0.2) is 30.3 Å². The number of ketones is 1. The maximum absolute atomic E-state index is 11.6. The number of nitrogens with one attached hydrogen (secondary N) is 2. The minimum absolute atomic E-state index is 0.00902. The molecule has 0 saturated heterocycles. The van der Waals surface area contributed by atoms with Crippen molar-refractivity contribution in [2.75, 3.05) is 6.54 Å². The van der Waals surface area contributed by atoms with Gasteiger partial charge in [-0.15, -0.1) is 0 Å². The number of unbranched alkanes of at least 4 members (excludes halogenated alkanes) is 2. The number of carbonyl (C=O) groups excluding carboxylic acids is 3. The molecule has 0 spiro atoms. The van der Waals surface area contributed by atoms with Crippen molar-refractivity contribution in [1.82, 2.24) is 10.8 Å². The van der Waals surface area contributed by atoms with Gasteiger partial charge in [0.2, 0.25) is 11.8 Å².